The van der Waals surface area contributed by atoms with Crippen LogP contribution in [0.1, 0.15) is 38.9 Å². The Hall–Kier alpha value is -1.35. The number of hydrogen-bond donors (Lipinski definition) is 1. The lowest BCUT2D eigenvalue weighted by Gasteiger charge is -2.27. The third-order valence-corrected chi connectivity index (χ3v) is 2.87. The highest BCUT2D eigenvalue weighted by molar-refractivity contribution is 5.46. The van der Waals surface area contributed by atoms with E-state index >= 15 is 0 Å². The molecule has 1 rings (SSSR count). The molecule has 3 nitrogen and oxygen atoms in total. The maximum atomic E-state index is 5.95. The molecule has 0 spiro atoms. The summed E-state index contributed by atoms with van der Waals surface area (Å²) in [6.45, 7) is 11.0. The molecule has 0 fully saturated rings. The second kappa shape index (κ2) is 6.40. The Morgan fingerprint density at radius 1 is 1.47 bits per heavy atom. The molecule has 2 N–H and O–H groups in total. The number of anilines is 1. The summed E-state index contributed by atoms with van der Waals surface area (Å²) in [5.74, 6) is 0. The second-order valence-corrected chi connectivity index (χ2v) is 4.49. The SMILES string of the molecule is C=CCN(c1ccc([C@@H](N)CC)nc1)C(C)C. The smallest absolute Gasteiger partial charge is 0.0572 e. The van der Waals surface area contributed by atoms with Crippen LogP contribution in [0.5, 0.6) is 0 Å². The van der Waals surface area contributed by atoms with Gasteiger partial charge in [0.15, 0.2) is 0 Å². The molecule has 17 heavy (non-hydrogen) atoms. The Labute approximate surface area is 104 Å². The first-order valence-corrected chi connectivity index (χ1v) is 6.19. The van der Waals surface area contributed by atoms with Gasteiger partial charge in [-0.25, -0.2) is 0 Å². The number of nitrogens with zero attached hydrogens (tertiary/aromatic N) is 2. The van der Waals surface area contributed by atoms with Crippen LogP contribution in [-0.4, -0.2) is 17.6 Å². The van der Waals surface area contributed by atoms with Crippen LogP contribution in [0.2, 0.25) is 0 Å². The van der Waals surface area contributed by atoms with Gasteiger partial charge in [0.25, 0.3) is 0 Å². The van der Waals surface area contributed by atoms with Gasteiger partial charge >= 0.3 is 0 Å². The van der Waals surface area contributed by atoms with E-state index in [-0.39, 0.29) is 6.04 Å². The molecule has 0 aromatic carbocycles. The van der Waals surface area contributed by atoms with Crippen LogP contribution in [0.15, 0.2) is 31.0 Å². The zero-order chi connectivity index (χ0) is 12.8. The van der Waals surface area contributed by atoms with E-state index in [0.717, 1.165) is 24.3 Å². The van der Waals surface area contributed by atoms with Crippen molar-refractivity contribution in [3.05, 3.63) is 36.7 Å². The minimum Gasteiger partial charge on any atom is -0.364 e. The molecule has 0 aliphatic heterocycles. The average Bonchev–Trinajstić information content (AvgIpc) is 2.35. The van der Waals surface area contributed by atoms with Crippen LogP contribution in [0.4, 0.5) is 5.69 Å². The fourth-order valence-corrected chi connectivity index (χ4v) is 1.75. The van der Waals surface area contributed by atoms with Crippen LogP contribution in [0.3, 0.4) is 0 Å². The predicted octanol–water partition coefficient (Wildman–Crippen LogP) is 2.89. The van der Waals surface area contributed by atoms with Crippen molar-refractivity contribution in [1.29, 1.82) is 0 Å². The van der Waals surface area contributed by atoms with Crippen molar-refractivity contribution in [2.45, 2.75) is 39.3 Å². The molecule has 0 unspecified atom stereocenters. The largest absolute Gasteiger partial charge is 0.364 e. The van der Waals surface area contributed by atoms with E-state index in [0.29, 0.717) is 6.04 Å². The van der Waals surface area contributed by atoms with E-state index in [1.54, 1.807) is 0 Å². The van der Waals surface area contributed by atoms with Crippen LogP contribution >= 0.6 is 0 Å². The van der Waals surface area contributed by atoms with Crippen molar-refractivity contribution in [3.8, 4) is 0 Å². The van der Waals surface area contributed by atoms with Gasteiger partial charge in [-0.05, 0) is 32.4 Å². The topological polar surface area (TPSA) is 42.1 Å². The summed E-state index contributed by atoms with van der Waals surface area (Å²) in [6.07, 6.45) is 4.72. The molecule has 1 atom stereocenters. The van der Waals surface area contributed by atoms with Gasteiger partial charge in [-0.15, -0.1) is 6.58 Å². The fourth-order valence-electron chi connectivity index (χ4n) is 1.75. The number of nitrogens with two attached hydrogens (primary N) is 1. The first kappa shape index (κ1) is 13.7. The van der Waals surface area contributed by atoms with Crippen molar-refractivity contribution in [3.63, 3.8) is 0 Å². The molecule has 0 saturated heterocycles. The first-order valence-electron chi connectivity index (χ1n) is 6.19. The van der Waals surface area contributed by atoms with Crippen LogP contribution in [0, 0.1) is 0 Å². The lowest BCUT2D eigenvalue weighted by Crippen LogP contribution is -2.30. The Morgan fingerprint density at radius 2 is 2.18 bits per heavy atom. The lowest BCUT2D eigenvalue weighted by atomic mass is 10.1. The second-order valence-electron chi connectivity index (χ2n) is 4.49. The fraction of sp³-hybridized carbons (Fsp3) is 0.500. The van der Waals surface area contributed by atoms with Crippen LogP contribution in [0.25, 0.3) is 0 Å². The number of hydrogen-bond acceptors (Lipinski definition) is 3. The summed E-state index contributed by atoms with van der Waals surface area (Å²) in [5.41, 5.74) is 8.02. The Kier molecular flexibility index (Phi) is 5.16. The Morgan fingerprint density at radius 3 is 2.59 bits per heavy atom. The Bertz CT molecular complexity index is 343. The maximum absolute atomic E-state index is 5.95. The predicted molar refractivity (Wildman–Crippen MR) is 74.1 cm³/mol. The van der Waals surface area contributed by atoms with E-state index in [2.05, 4.69) is 43.3 Å². The molecule has 0 amide bonds. The van der Waals surface area contributed by atoms with E-state index < -0.39 is 0 Å². The van der Waals surface area contributed by atoms with Gasteiger partial charge in [0.05, 0.1) is 17.6 Å². The van der Waals surface area contributed by atoms with E-state index in [1.165, 1.54) is 0 Å². The number of rotatable bonds is 6. The quantitative estimate of drug-likeness (QED) is 0.768. The van der Waals surface area contributed by atoms with Crippen molar-refractivity contribution < 1.29 is 0 Å². The summed E-state index contributed by atoms with van der Waals surface area (Å²) in [7, 11) is 0. The zero-order valence-electron chi connectivity index (χ0n) is 11.1. The highest BCUT2D eigenvalue weighted by Crippen LogP contribution is 2.18. The highest BCUT2D eigenvalue weighted by atomic mass is 15.2. The monoisotopic (exact) mass is 233 g/mol. The summed E-state index contributed by atoms with van der Waals surface area (Å²) in [5, 5.41) is 0. The molecule has 1 heterocycles. The highest BCUT2D eigenvalue weighted by Gasteiger charge is 2.10. The molecular formula is C14H23N3. The van der Waals surface area contributed by atoms with E-state index in [4.69, 9.17) is 5.73 Å². The molecule has 0 aliphatic carbocycles. The third-order valence-electron chi connectivity index (χ3n) is 2.87. The number of aromatic nitrogens is 1. The zero-order valence-corrected chi connectivity index (χ0v) is 11.1. The van der Waals surface area contributed by atoms with Crippen LogP contribution in [-0.2, 0) is 0 Å². The first-order chi connectivity index (χ1) is 8.10. The molecule has 94 valence electrons. The molecular weight excluding hydrogens is 210 g/mol. The number of pyridine rings is 1. The standard InChI is InChI=1S/C14H23N3/c1-5-9-17(11(3)4)12-7-8-14(16-10-12)13(15)6-2/h5,7-8,10-11,13H,1,6,9,15H2,2-4H3/t13-/m0/s1. The van der Waals surface area contributed by atoms with Crippen molar-refractivity contribution in [1.82, 2.24) is 4.98 Å². The minimum absolute atomic E-state index is 0.0379. The summed E-state index contributed by atoms with van der Waals surface area (Å²) in [6, 6.07) is 4.57. The maximum Gasteiger partial charge on any atom is 0.0572 e. The van der Waals surface area contributed by atoms with E-state index in [1.807, 2.05) is 18.3 Å². The Balaban J connectivity index is 2.87. The van der Waals surface area contributed by atoms with Gasteiger partial charge in [0.2, 0.25) is 0 Å². The molecule has 0 aliphatic rings. The van der Waals surface area contributed by atoms with Gasteiger partial charge in [-0.3, -0.25) is 4.98 Å². The molecule has 1 aromatic heterocycles. The molecule has 0 radical (unpaired) electrons. The molecule has 3 heteroatoms. The van der Waals surface area contributed by atoms with Crippen molar-refractivity contribution in [2.75, 3.05) is 11.4 Å². The third kappa shape index (κ3) is 3.56. The summed E-state index contributed by atoms with van der Waals surface area (Å²) in [4.78, 5) is 6.69. The van der Waals surface area contributed by atoms with Gasteiger partial charge in [-0.1, -0.05) is 13.0 Å². The van der Waals surface area contributed by atoms with Crippen LogP contribution < -0.4 is 10.6 Å². The average molecular weight is 233 g/mol. The van der Waals surface area contributed by atoms with Crippen molar-refractivity contribution >= 4 is 5.69 Å². The molecule has 0 bridgehead atoms. The summed E-state index contributed by atoms with van der Waals surface area (Å²) < 4.78 is 0. The lowest BCUT2D eigenvalue weighted by molar-refractivity contribution is 0.672. The van der Waals surface area contributed by atoms with E-state index in [9.17, 15) is 0 Å². The molecule has 1 aromatic rings. The van der Waals surface area contributed by atoms with Gasteiger partial charge in [-0.2, -0.15) is 0 Å². The minimum atomic E-state index is 0.0379. The van der Waals surface area contributed by atoms with Crippen molar-refractivity contribution in [2.24, 2.45) is 5.73 Å². The molecule has 0 saturated carbocycles. The van der Waals surface area contributed by atoms with Gasteiger partial charge < -0.3 is 10.6 Å². The normalized spacial score (nSPS) is 12.5. The van der Waals surface area contributed by atoms with Gasteiger partial charge in [0, 0.05) is 18.6 Å². The van der Waals surface area contributed by atoms with Gasteiger partial charge in [0.1, 0.15) is 0 Å². The summed E-state index contributed by atoms with van der Waals surface area (Å²) >= 11 is 0.